The number of carbonyl (C=O) groups is 1. The average molecular weight is 658 g/mol. The molecule has 270 valence electrons. The number of likely N-dealkylation sites (N-methyl/N-ethyl adjacent to an activating group) is 1. The van der Waals surface area contributed by atoms with Crippen LogP contribution in [0.3, 0.4) is 0 Å². The fraction of sp³-hybridized carbons (Fsp3) is 0.500. The van der Waals surface area contributed by atoms with Crippen molar-refractivity contribution in [2.75, 3.05) is 54.1 Å². The number of carbonyl (C=O) groups excluding carboxylic acids is 1. The van der Waals surface area contributed by atoms with Gasteiger partial charge in [-0.05, 0) is 77.3 Å². The predicted octanol–water partition coefficient (Wildman–Crippen LogP) is 9.81. The number of unbranched alkanes of at least 4 members (excludes halogenated alkanes) is 1. The predicted molar refractivity (Wildman–Crippen MR) is 210 cm³/mol. The van der Waals surface area contributed by atoms with Gasteiger partial charge in [-0.1, -0.05) is 90.3 Å². The SMILES string of the molecule is C=C/C=C(\C=C(/C)OCCCCN(C=NC)CC)C(=O)OC.C=C/C=C\C=C/CO/C(C)=C/C(C)CC=C.C=CCNC.CC.CC. The first-order valence-electron chi connectivity index (χ1n) is 16.7. The van der Waals surface area contributed by atoms with Crippen molar-refractivity contribution in [1.82, 2.24) is 10.2 Å². The van der Waals surface area contributed by atoms with E-state index in [0.717, 1.165) is 44.7 Å². The lowest BCUT2D eigenvalue weighted by Gasteiger charge is -2.16. The van der Waals surface area contributed by atoms with Crippen molar-refractivity contribution in [3.63, 3.8) is 0 Å². The van der Waals surface area contributed by atoms with E-state index in [9.17, 15) is 4.79 Å². The molecule has 0 saturated carbocycles. The normalized spacial score (nSPS) is 11.7. The Bertz CT molecular complexity index is 928. The zero-order valence-corrected chi connectivity index (χ0v) is 32.0. The molecule has 1 N–H and O–H groups in total. The van der Waals surface area contributed by atoms with Gasteiger partial charge in [0.15, 0.2) is 0 Å². The van der Waals surface area contributed by atoms with Gasteiger partial charge in [-0.3, -0.25) is 4.99 Å². The third-order valence-electron chi connectivity index (χ3n) is 5.24. The van der Waals surface area contributed by atoms with Gasteiger partial charge in [-0.15, -0.1) is 13.2 Å². The number of methoxy groups -OCH3 is 1. The number of hydrogen-bond donors (Lipinski definition) is 1. The highest BCUT2D eigenvalue weighted by Gasteiger charge is 2.06. The van der Waals surface area contributed by atoms with Gasteiger partial charge in [0.25, 0.3) is 0 Å². The van der Waals surface area contributed by atoms with Gasteiger partial charge in [0.2, 0.25) is 0 Å². The minimum absolute atomic E-state index is 0.403. The number of allylic oxidation sites excluding steroid dienone is 10. The van der Waals surface area contributed by atoms with Gasteiger partial charge in [0, 0.05) is 26.7 Å². The van der Waals surface area contributed by atoms with Gasteiger partial charge in [0.05, 0.1) is 37.1 Å². The van der Waals surface area contributed by atoms with Crippen LogP contribution >= 0.6 is 0 Å². The molecule has 1 unspecified atom stereocenters. The van der Waals surface area contributed by atoms with Gasteiger partial charge in [-0.25, -0.2) is 4.79 Å². The number of esters is 1. The van der Waals surface area contributed by atoms with Crippen LogP contribution in [0, 0.1) is 5.92 Å². The maximum Gasteiger partial charge on any atom is 0.337 e. The molecule has 0 saturated heterocycles. The van der Waals surface area contributed by atoms with Crippen molar-refractivity contribution in [3.05, 3.63) is 110 Å². The summed E-state index contributed by atoms with van der Waals surface area (Å²) in [6.45, 7) is 34.5. The fourth-order valence-electron chi connectivity index (χ4n) is 3.17. The van der Waals surface area contributed by atoms with E-state index in [-0.39, 0.29) is 0 Å². The second-order valence-corrected chi connectivity index (χ2v) is 9.15. The Hall–Kier alpha value is -3.84. The van der Waals surface area contributed by atoms with Crippen LogP contribution < -0.4 is 5.32 Å². The fourth-order valence-corrected chi connectivity index (χ4v) is 3.17. The summed E-state index contributed by atoms with van der Waals surface area (Å²) < 4.78 is 15.8. The number of hydrogen-bond acceptors (Lipinski definition) is 6. The van der Waals surface area contributed by atoms with Crippen molar-refractivity contribution < 1.29 is 19.0 Å². The van der Waals surface area contributed by atoms with Gasteiger partial charge >= 0.3 is 5.97 Å². The van der Waals surface area contributed by atoms with Crippen LogP contribution in [0.4, 0.5) is 0 Å². The molecule has 0 bridgehead atoms. The number of ether oxygens (including phenoxy) is 3. The number of rotatable bonds is 21. The molecule has 7 nitrogen and oxygen atoms in total. The molecular formula is C40H71N3O4. The smallest absolute Gasteiger partial charge is 0.337 e. The third-order valence-corrected chi connectivity index (χ3v) is 5.24. The minimum atomic E-state index is -0.403. The Morgan fingerprint density at radius 2 is 1.60 bits per heavy atom. The van der Waals surface area contributed by atoms with Crippen LogP contribution in [0.5, 0.6) is 0 Å². The molecule has 1 atom stereocenters. The van der Waals surface area contributed by atoms with Crippen LogP contribution in [0.2, 0.25) is 0 Å². The molecule has 0 fully saturated rings. The lowest BCUT2D eigenvalue weighted by atomic mass is 10.1. The maximum absolute atomic E-state index is 11.5. The summed E-state index contributed by atoms with van der Waals surface area (Å²) in [6.07, 6.45) is 24.9. The van der Waals surface area contributed by atoms with E-state index >= 15 is 0 Å². The van der Waals surface area contributed by atoms with Crippen molar-refractivity contribution in [1.29, 1.82) is 0 Å². The Labute approximate surface area is 290 Å². The number of aliphatic imine (C=N–C) groups is 1. The van der Waals surface area contributed by atoms with E-state index in [2.05, 4.69) is 61.4 Å². The van der Waals surface area contributed by atoms with Crippen LogP contribution in [-0.2, 0) is 19.0 Å². The monoisotopic (exact) mass is 658 g/mol. The van der Waals surface area contributed by atoms with Gasteiger partial charge in [0.1, 0.15) is 6.61 Å². The molecule has 0 aromatic rings. The van der Waals surface area contributed by atoms with Crippen molar-refractivity contribution in [2.24, 2.45) is 10.9 Å². The van der Waals surface area contributed by atoms with E-state index in [1.807, 2.05) is 91.4 Å². The highest BCUT2D eigenvalue weighted by atomic mass is 16.5. The van der Waals surface area contributed by atoms with Crippen molar-refractivity contribution >= 4 is 12.3 Å². The second kappa shape index (κ2) is 46.6. The van der Waals surface area contributed by atoms with Crippen molar-refractivity contribution in [3.8, 4) is 0 Å². The van der Waals surface area contributed by atoms with E-state index < -0.39 is 5.97 Å². The van der Waals surface area contributed by atoms with E-state index in [1.165, 1.54) is 7.11 Å². The third kappa shape index (κ3) is 44.3. The lowest BCUT2D eigenvalue weighted by molar-refractivity contribution is -0.135. The summed E-state index contributed by atoms with van der Waals surface area (Å²) in [4.78, 5) is 17.7. The van der Waals surface area contributed by atoms with Crippen LogP contribution in [0.25, 0.3) is 0 Å². The summed E-state index contributed by atoms with van der Waals surface area (Å²) in [5, 5.41) is 2.90. The first-order chi connectivity index (χ1) is 22.7. The molecule has 47 heavy (non-hydrogen) atoms. The Balaban J connectivity index is -0.000000205. The molecule has 0 aliphatic rings. The second-order valence-electron chi connectivity index (χ2n) is 9.15. The Morgan fingerprint density at radius 3 is 2.06 bits per heavy atom. The quantitative estimate of drug-likeness (QED) is 0.0194. The molecule has 0 aromatic heterocycles. The van der Waals surface area contributed by atoms with E-state index in [0.29, 0.717) is 30.5 Å². The molecule has 0 aliphatic carbocycles. The largest absolute Gasteiger partial charge is 0.498 e. The molecule has 0 rings (SSSR count). The van der Waals surface area contributed by atoms with Crippen molar-refractivity contribution in [2.45, 2.75) is 74.7 Å². The molecule has 0 aromatic carbocycles. The Morgan fingerprint density at radius 1 is 0.936 bits per heavy atom. The summed E-state index contributed by atoms with van der Waals surface area (Å²) in [6, 6.07) is 0. The molecular weight excluding hydrogens is 586 g/mol. The molecule has 0 aliphatic heterocycles. The zero-order valence-electron chi connectivity index (χ0n) is 32.0. The molecule has 0 spiro atoms. The van der Waals surface area contributed by atoms with Crippen LogP contribution in [0.1, 0.15) is 74.7 Å². The standard InChI is InChI=1S/C17H28N2O3.C15H22O.C4H9N.2C2H6/c1-6-10-16(17(20)21-5)13-15(3)22-12-9-8-11-19(7-2)14-18-4;1-5-7-8-9-10-12-16-15(4)13-14(3)11-6-2;1-3-4-5-2;2*1-2/h6,10,13-14H,1,7-9,11-12H2,2-5H3;5-10,13-14H,1-2,11-12H2,3-4H3;3,5H,1,4H2,2H3;2*1-2H3/b15-13+,16-10+,18-14?;8-7-,10-9-,15-13+;;;. The highest BCUT2D eigenvalue weighted by Crippen LogP contribution is 2.09. The summed E-state index contributed by atoms with van der Waals surface area (Å²) >= 11 is 0. The first kappa shape index (κ1) is 52.7. The number of nitrogens with one attached hydrogen (secondary N) is 1. The minimum Gasteiger partial charge on any atom is -0.498 e. The number of nitrogens with zero attached hydrogens (tertiary/aromatic N) is 2. The summed E-state index contributed by atoms with van der Waals surface area (Å²) in [5.41, 5.74) is 0.423. The highest BCUT2D eigenvalue weighted by molar-refractivity contribution is 5.91. The van der Waals surface area contributed by atoms with Crippen LogP contribution in [-0.4, -0.2) is 71.3 Å². The van der Waals surface area contributed by atoms with E-state index in [4.69, 9.17) is 14.2 Å². The molecule has 0 heterocycles. The molecule has 0 amide bonds. The summed E-state index contributed by atoms with van der Waals surface area (Å²) in [7, 11) is 5.01. The van der Waals surface area contributed by atoms with Gasteiger partial charge in [-0.2, -0.15) is 0 Å². The lowest BCUT2D eigenvalue weighted by Crippen LogP contribution is -2.22. The maximum atomic E-state index is 11.5. The van der Waals surface area contributed by atoms with E-state index in [1.54, 1.807) is 31.4 Å². The average Bonchev–Trinajstić information content (AvgIpc) is 3.08. The Kier molecular flexibility index (Phi) is 52.2. The zero-order chi connectivity index (χ0) is 37.1. The molecule has 7 heteroatoms. The summed E-state index contributed by atoms with van der Waals surface area (Å²) in [5.74, 6) is 1.73. The topological polar surface area (TPSA) is 72.4 Å². The first-order valence-corrected chi connectivity index (χ1v) is 16.7. The molecule has 0 radical (unpaired) electrons. The van der Waals surface area contributed by atoms with Crippen LogP contribution in [0.15, 0.2) is 115 Å². The van der Waals surface area contributed by atoms with Gasteiger partial charge < -0.3 is 24.4 Å².